The molecule has 1 amide bonds. The fourth-order valence-electron chi connectivity index (χ4n) is 6.25. The highest BCUT2D eigenvalue weighted by Crippen LogP contribution is 2.73. The monoisotopic (exact) mass is 503 g/mol. The first-order valence-electron chi connectivity index (χ1n) is 11.7. The average Bonchev–Trinajstić information content (AvgIpc) is 2.97. The number of carbonyl (C=O) groups is 3. The van der Waals surface area contributed by atoms with Gasteiger partial charge in [0.05, 0.1) is 34.2 Å². The van der Waals surface area contributed by atoms with E-state index in [-0.39, 0.29) is 19.6 Å². The van der Waals surface area contributed by atoms with Crippen LogP contribution in [-0.4, -0.2) is 71.0 Å². The van der Waals surface area contributed by atoms with Gasteiger partial charge >= 0.3 is 5.97 Å². The van der Waals surface area contributed by atoms with Crippen LogP contribution in [0.1, 0.15) is 24.5 Å². The fraction of sp³-hybridized carbons (Fsp3) is 0.560. The Bertz CT molecular complexity index is 1110. The lowest BCUT2D eigenvalue weighted by Crippen LogP contribution is -2.81. The summed E-state index contributed by atoms with van der Waals surface area (Å²) in [6, 6.07) is 3.61. The molecular weight excluding hydrogens is 470 g/mol. The Hall–Kier alpha value is -2.85. The molecule has 2 heterocycles. The summed E-state index contributed by atoms with van der Waals surface area (Å²) in [6.45, 7) is 8.07. The third kappa shape index (κ3) is 3.12. The number of methoxy groups -OCH3 is 3. The molecule has 2 fully saturated rings. The van der Waals surface area contributed by atoms with Gasteiger partial charge in [-0.1, -0.05) is 0 Å². The van der Waals surface area contributed by atoms with Gasteiger partial charge < -0.3 is 28.3 Å². The number of fused-ring (bicyclic) bond motifs is 1. The van der Waals surface area contributed by atoms with Crippen molar-refractivity contribution in [1.29, 1.82) is 0 Å². The topological polar surface area (TPSA) is 101 Å². The molecule has 0 unspecified atom stereocenters. The predicted molar refractivity (Wildman–Crippen MR) is 129 cm³/mol. The maximum Gasteiger partial charge on any atom is 0.323 e. The second kappa shape index (κ2) is 8.37. The normalized spacial score (nSPS) is 29.3. The third-order valence-electron chi connectivity index (χ3n) is 7.18. The SMILES string of the molecule is CCOC(=O)[C@@]12C[C@](C=COC)(O[Si](C)(C)C)[C@@]13c1cc(OC)c(OC)cc1CCN3C(=O)C2=O. The van der Waals surface area contributed by atoms with Crippen LogP contribution in [0.15, 0.2) is 24.5 Å². The zero-order valence-electron chi connectivity index (χ0n) is 21.4. The molecular formula is C25H33NO8Si. The van der Waals surface area contributed by atoms with Crippen LogP contribution in [0.3, 0.4) is 0 Å². The third-order valence-corrected chi connectivity index (χ3v) is 8.16. The number of nitrogens with zero attached hydrogens (tertiary/aromatic N) is 1. The Labute approximate surface area is 206 Å². The van der Waals surface area contributed by atoms with E-state index in [4.69, 9.17) is 23.4 Å². The number of hydrogen-bond donors (Lipinski definition) is 0. The van der Waals surface area contributed by atoms with Crippen molar-refractivity contribution in [3.8, 4) is 11.5 Å². The van der Waals surface area contributed by atoms with Gasteiger partial charge in [-0.3, -0.25) is 14.4 Å². The minimum Gasteiger partial charge on any atom is -0.505 e. The van der Waals surface area contributed by atoms with Gasteiger partial charge in [-0.05, 0) is 62.3 Å². The Balaban J connectivity index is 2.13. The molecule has 1 saturated heterocycles. The highest BCUT2D eigenvalue weighted by molar-refractivity contribution is 6.70. The van der Waals surface area contributed by atoms with E-state index in [1.165, 1.54) is 25.4 Å². The predicted octanol–water partition coefficient (Wildman–Crippen LogP) is 2.57. The van der Waals surface area contributed by atoms with Gasteiger partial charge in [-0.25, -0.2) is 0 Å². The maximum absolute atomic E-state index is 13.7. The van der Waals surface area contributed by atoms with Gasteiger partial charge in [0.2, 0.25) is 5.78 Å². The molecule has 3 aliphatic rings. The van der Waals surface area contributed by atoms with Crippen molar-refractivity contribution in [3.05, 3.63) is 35.6 Å². The van der Waals surface area contributed by atoms with Crippen LogP contribution in [0.25, 0.3) is 0 Å². The summed E-state index contributed by atoms with van der Waals surface area (Å²) in [4.78, 5) is 42.5. The Morgan fingerprint density at radius 2 is 1.77 bits per heavy atom. The zero-order chi connectivity index (χ0) is 25.8. The van der Waals surface area contributed by atoms with Crippen LogP contribution in [0.4, 0.5) is 0 Å². The summed E-state index contributed by atoms with van der Waals surface area (Å²) in [5, 5.41) is 0. The van der Waals surface area contributed by atoms with E-state index in [0.29, 0.717) is 23.5 Å². The molecule has 4 rings (SSSR count). The van der Waals surface area contributed by atoms with E-state index >= 15 is 0 Å². The molecule has 0 bridgehead atoms. The molecule has 35 heavy (non-hydrogen) atoms. The van der Waals surface area contributed by atoms with Gasteiger partial charge in [0.25, 0.3) is 5.91 Å². The number of rotatable bonds is 8. The van der Waals surface area contributed by atoms with E-state index in [1.54, 1.807) is 26.2 Å². The van der Waals surface area contributed by atoms with Crippen molar-refractivity contribution in [1.82, 2.24) is 4.90 Å². The number of ether oxygens (including phenoxy) is 4. The van der Waals surface area contributed by atoms with E-state index in [2.05, 4.69) is 0 Å². The second-order valence-corrected chi connectivity index (χ2v) is 14.5. The Morgan fingerprint density at radius 1 is 1.11 bits per heavy atom. The molecule has 190 valence electrons. The molecule has 1 aliphatic carbocycles. The number of carbonyl (C=O) groups excluding carboxylic acids is 3. The minimum atomic E-state index is -2.31. The second-order valence-electron chi connectivity index (χ2n) is 10.1. The number of benzene rings is 1. The molecule has 0 radical (unpaired) electrons. The maximum atomic E-state index is 13.7. The number of ketones is 1. The van der Waals surface area contributed by atoms with Crippen molar-refractivity contribution < 1.29 is 37.8 Å². The van der Waals surface area contributed by atoms with E-state index < -0.39 is 42.5 Å². The average molecular weight is 504 g/mol. The summed E-state index contributed by atoms with van der Waals surface area (Å²) < 4.78 is 28.7. The molecule has 10 heteroatoms. The summed E-state index contributed by atoms with van der Waals surface area (Å²) in [6.07, 6.45) is 3.68. The summed E-state index contributed by atoms with van der Waals surface area (Å²) in [5.74, 6) is -1.23. The molecule has 1 spiro atoms. The van der Waals surface area contributed by atoms with E-state index in [1.807, 2.05) is 25.7 Å². The van der Waals surface area contributed by atoms with Gasteiger partial charge in [0, 0.05) is 13.0 Å². The smallest absolute Gasteiger partial charge is 0.323 e. The van der Waals surface area contributed by atoms with E-state index in [0.717, 1.165) is 5.56 Å². The van der Waals surface area contributed by atoms with Crippen molar-refractivity contribution in [3.63, 3.8) is 0 Å². The Morgan fingerprint density at radius 3 is 2.34 bits per heavy atom. The van der Waals surface area contributed by atoms with Crippen LogP contribution in [-0.2, 0) is 40.2 Å². The molecule has 1 saturated carbocycles. The zero-order valence-corrected chi connectivity index (χ0v) is 22.4. The number of amides is 1. The first-order chi connectivity index (χ1) is 16.5. The van der Waals surface area contributed by atoms with Crippen LogP contribution in [0.2, 0.25) is 19.6 Å². The van der Waals surface area contributed by atoms with Crippen molar-refractivity contribution in [2.75, 3.05) is 34.5 Å². The standard InChI is InChI=1S/C25H33NO8Si/c1-8-33-22(29)24-15-23(10-12-30-2,34-35(5,6)7)25(24)17-14-19(32-4)18(31-3)13-16(17)9-11-26(25)21(28)20(24)27/h10,12-14H,8-9,11,15H2,1-7H3/t23-,24-,25-/m0/s1. The molecule has 0 N–H and O–H groups in total. The van der Waals surface area contributed by atoms with Crippen molar-refractivity contribution in [2.45, 2.75) is 50.5 Å². The Kier molecular flexibility index (Phi) is 6.04. The largest absolute Gasteiger partial charge is 0.505 e. The summed E-state index contributed by atoms with van der Waals surface area (Å²) >= 11 is 0. The number of esters is 1. The van der Waals surface area contributed by atoms with E-state index in [9.17, 15) is 14.4 Å². The lowest BCUT2D eigenvalue weighted by atomic mass is 9.42. The minimum absolute atomic E-state index is 0.0299. The molecule has 2 aliphatic heterocycles. The van der Waals surface area contributed by atoms with Gasteiger partial charge in [0.15, 0.2) is 25.2 Å². The van der Waals surface area contributed by atoms with Crippen LogP contribution in [0.5, 0.6) is 11.5 Å². The van der Waals surface area contributed by atoms with Crippen LogP contribution in [0, 0.1) is 5.41 Å². The number of Topliss-reactive ketones (excluding diaryl/α,β-unsaturated/α-hetero) is 1. The number of hydrogen-bond acceptors (Lipinski definition) is 8. The highest BCUT2D eigenvalue weighted by atomic mass is 28.4. The summed E-state index contributed by atoms with van der Waals surface area (Å²) in [7, 11) is 2.27. The van der Waals surface area contributed by atoms with Crippen molar-refractivity contribution in [2.24, 2.45) is 5.41 Å². The highest BCUT2D eigenvalue weighted by Gasteiger charge is 2.89. The first-order valence-corrected chi connectivity index (χ1v) is 15.1. The fourth-order valence-corrected chi connectivity index (χ4v) is 7.63. The molecule has 3 atom stereocenters. The first kappa shape index (κ1) is 25.2. The van der Waals surface area contributed by atoms with Gasteiger partial charge in [-0.15, -0.1) is 0 Å². The lowest BCUT2D eigenvalue weighted by Gasteiger charge is -2.68. The van der Waals surface area contributed by atoms with Gasteiger partial charge in [-0.2, -0.15) is 0 Å². The van der Waals surface area contributed by atoms with Crippen LogP contribution >= 0.6 is 0 Å². The molecule has 0 aromatic heterocycles. The van der Waals surface area contributed by atoms with Crippen LogP contribution < -0.4 is 9.47 Å². The molecule has 1 aromatic rings. The van der Waals surface area contributed by atoms with Crippen molar-refractivity contribution >= 4 is 26.0 Å². The summed E-state index contributed by atoms with van der Waals surface area (Å²) in [5.41, 5.74) is -2.94. The molecule has 9 nitrogen and oxygen atoms in total. The lowest BCUT2D eigenvalue weighted by molar-refractivity contribution is -0.230. The molecule has 1 aromatic carbocycles. The van der Waals surface area contributed by atoms with Gasteiger partial charge in [0.1, 0.15) is 11.1 Å². The quantitative estimate of drug-likeness (QED) is 0.175.